The predicted octanol–water partition coefficient (Wildman–Crippen LogP) is 1.96. The van der Waals surface area contributed by atoms with Crippen molar-refractivity contribution >= 4 is 17.3 Å². The smallest absolute Gasteiger partial charge is 0.353 e. The van der Waals surface area contributed by atoms with E-state index in [2.05, 4.69) is 39.3 Å². The van der Waals surface area contributed by atoms with Crippen LogP contribution in [0.25, 0.3) is 0 Å². The van der Waals surface area contributed by atoms with Crippen LogP contribution in [-0.4, -0.2) is 52.5 Å². The zero-order valence-electron chi connectivity index (χ0n) is 12.9. The fourth-order valence-electron chi connectivity index (χ4n) is 2.03. The molecular weight excluding hydrogens is 272 g/mol. The first-order valence-electron chi connectivity index (χ1n) is 7.33. The molecular formula is C13H24N6O2. The summed E-state index contributed by atoms with van der Waals surface area (Å²) in [5, 5.41) is 17.1. The Morgan fingerprint density at radius 1 is 1.19 bits per heavy atom. The van der Waals surface area contributed by atoms with Gasteiger partial charge in [-0.3, -0.25) is 10.1 Å². The van der Waals surface area contributed by atoms with Gasteiger partial charge >= 0.3 is 5.69 Å². The zero-order chi connectivity index (χ0) is 15.7. The largest absolute Gasteiger partial charge is 0.364 e. The van der Waals surface area contributed by atoms with Gasteiger partial charge in [0.2, 0.25) is 11.6 Å². The third kappa shape index (κ3) is 5.14. The van der Waals surface area contributed by atoms with Crippen LogP contribution in [0.4, 0.5) is 17.3 Å². The van der Waals surface area contributed by atoms with Crippen molar-refractivity contribution < 1.29 is 4.92 Å². The summed E-state index contributed by atoms with van der Waals surface area (Å²) in [5.74, 6) is 0.522. The van der Waals surface area contributed by atoms with E-state index in [4.69, 9.17) is 0 Å². The molecule has 0 aliphatic carbocycles. The molecule has 0 saturated carbocycles. The number of rotatable bonds is 10. The van der Waals surface area contributed by atoms with E-state index in [1.54, 1.807) is 0 Å². The van der Waals surface area contributed by atoms with Crippen molar-refractivity contribution in [3.63, 3.8) is 0 Å². The SMILES string of the molecule is CCNc1ncnc(NCCCN(CC)CC)c1[N+](=O)[O-]. The lowest BCUT2D eigenvalue weighted by Crippen LogP contribution is -2.25. The standard InChI is InChI=1S/C13H24N6O2/c1-4-14-12-11(19(20)21)13(17-10-16-12)15-8-7-9-18(5-2)6-3/h10H,4-9H2,1-3H3,(H2,14,15,16,17). The van der Waals surface area contributed by atoms with Crippen LogP contribution in [0, 0.1) is 10.1 Å². The maximum absolute atomic E-state index is 11.2. The van der Waals surface area contributed by atoms with Gasteiger partial charge in [0.05, 0.1) is 4.92 Å². The summed E-state index contributed by atoms with van der Waals surface area (Å²) in [4.78, 5) is 20.9. The number of aromatic nitrogens is 2. The minimum atomic E-state index is -0.454. The summed E-state index contributed by atoms with van der Waals surface area (Å²) in [6.45, 7) is 10.3. The van der Waals surface area contributed by atoms with E-state index < -0.39 is 4.92 Å². The van der Waals surface area contributed by atoms with Gasteiger partial charge in [-0.15, -0.1) is 0 Å². The molecule has 0 aromatic carbocycles. The number of nitrogens with one attached hydrogen (secondary N) is 2. The molecule has 0 unspecified atom stereocenters. The van der Waals surface area contributed by atoms with Crippen molar-refractivity contribution in [2.75, 3.05) is 43.4 Å². The maximum Gasteiger partial charge on any atom is 0.353 e. The molecule has 0 amide bonds. The monoisotopic (exact) mass is 296 g/mol. The molecule has 8 nitrogen and oxygen atoms in total. The summed E-state index contributed by atoms with van der Waals surface area (Å²) >= 11 is 0. The highest BCUT2D eigenvalue weighted by molar-refractivity contribution is 5.69. The molecule has 0 radical (unpaired) electrons. The quantitative estimate of drug-likeness (QED) is 0.387. The van der Waals surface area contributed by atoms with E-state index in [9.17, 15) is 10.1 Å². The highest BCUT2D eigenvalue weighted by Gasteiger charge is 2.22. The Morgan fingerprint density at radius 2 is 1.81 bits per heavy atom. The van der Waals surface area contributed by atoms with Crippen LogP contribution in [0.1, 0.15) is 27.2 Å². The summed E-state index contributed by atoms with van der Waals surface area (Å²) in [6, 6.07) is 0. The number of hydrogen-bond donors (Lipinski definition) is 2. The summed E-state index contributed by atoms with van der Waals surface area (Å²) < 4.78 is 0. The van der Waals surface area contributed by atoms with Gasteiger partial charge in [0.25, 0.3) is 0 Å². The fourth-order valence-corrected chi connectivity index (χ4v) is 2.03. The maximum atomic E-state index is 11.2. The van der Waals surface area contributed by atoms with Crippen molar-refractivity contribution in [3.8, 4) is 0 Å². The Hall–Kier alpha value is -1.96. The van der Waals surface area contributed by atoms with Crippen molar-refractivity contribution in [1.82, 2.24) is 14.9 Å². The molecule has 0 spiro atoms. The average molecular weight is 296 g/mol. The van der Waals surface area contributed by atoms with Crippen molar-refractivity contribution in [1.29, 1.82) is 0 Å². The van der Waals surface area contributed by atoms with Crippen LogP contribution in [0.2, 0.25) is 0 Å². The van der Waals surface area contributed by atoms with Gasteiger partial charge in [0, 0.05) is 13.1 Å². The first-order chi connectivity index (χ1) is 10.1. The Labute approximate surface area is 125 Å². The number of nitrogens with zero attached hydrogens (tertiary/aromatic N) is 4. The molecule has 0 aliphatic rings. The molecule has 8 heteroatoms. The average Bonchev–Trinajstić information content (AvgIpc) is 2.47. The Bertz CT molecular complexity index is 450. The molecule has 2 N–H and O–H groups in total. The van der Waals surface area contributed by atoms with Gasteiger partial charge in [0.15, 0.2) is 0 Å². The first kappa shape index (κ1) is 17.1. The topological polar surface area (TPSA) is 96.2 Å². The lowest BCUT2D eigenvalue weighted by Gasteiger charge is -2.17. The van der Waals surface area contributed by atoms with Crippen LogP contribution >= 0.6 is 0 Å². The number of nitro groups is 1. The third-order valence-corrected chi connectivity index (χ3v) is 3.19. The minimum Gasteiger partial charge on any atom is -0.364 e. The molecule has 0 atom stereocenters. The second kappa shape index (κ2) is 9.06. The molecule has 118 valence electrons. The van der Waals surface area contributed by atoms with Crippen LogP contribution in [0.3, 0.4) is 0 Å². The van der Waals surface area contributed by atoms with Gasteiger partial charge in [-0.25, -0.2) is 9.97 Å². The lowest BCUT2D eigenvalue weighted by atomic mass is 10.3. The molecule has 1 rings (SSSR count). The predicted molar refractivity (Wildman–Crippen MR) is 83.7 cm³/mol. The highest BCUT2D eigenvalue weighted by Crippen LogP contribution is 2.28. The molecule has 0 fully saturated rings. The summed E-state index contributed by atoms with van der Waals surface area (Å²) in [6.07, 6.45) is 2.23. The molecule has 21 heavy (non-hydrogen) atoms. The van der Waals surface area contributed by atoms with E-state index in [1.807, 2.05) is 6.92 Å². The molecule has 0 aliphatic heterocycles. The van der Waals surface area contributed by atoms with Crippen LogP contribution < -0.4 is 10.6 Å². The molecule has 1 heterocycles. The van der Waals surface area contributed by atoms with E-state index in [0.717, 1.165) is 26.1 Å². The van der Waals surface area contributed by atoms with E-state index in [0.29, 0.717) is 13.1 Å². The molecule has 0 bridgehead atoms. The van der Waals surface area contributed by atoms with Crippen molar-refractivity contribution in [2.24, 2.45) is 0 Å². The van der Waals surface area contributed by atoms with Gasteiger partial charge in [-0.2, -0.15) is 0 Å². The van der Waals surface area contributed by atoms with Gasteiger partial charge in [-0.1, -0.05) is 13.8 Å². The summed E-state index contributed by atoms with van der Waals surface area (Å²) in [7, 11) is 0. The third-order valence-electron chi connectivity index (χ3n) is 3.19. The Morgan fingerprint density at radius 3 is 2.33 bits per heavy atom. The summed E-state index contributed by atoms with van der Waals surface area (Å²) in [5.41, 5.74) is -0.0952. The lowest BCUT2D eigenvalue weighted by molar-refractivity contribution is -0.383. The Balaban J connectivity index is 2.66. The normalized spacial score (nSPS) is 10.7. The molecule has 1 aromatic rings. The number of hydrogen-bond acceptors (Lipinski definition) is 7. The van der Waals surface area contributed by atoms with Crippen LogP contribution in [0.5, 0.6) is 0 Å². The van der Waals surface area contributed by atoms with E-state index >= 15 is 0 Å². The van der Waals surface area contributed by atoms with Gasteiger partial charge in [0.1, 0.15) is 6.33 Å². The first-order valence-corrected chi connectivity index (χ1v) is 7.33. The van der Waals surface area contributed by atoms with Crippen LogP contribution in [-0.2, 0) is 0 Å². The second-order valence-corrected chi connectivity index (χ2v) is 4.51. The minimum absolute atomic E-state index is 0.0952. The van der Waals surface area contributed by atoms with Gasteiger partial charge < -0.3 is 15.5 Å². The van der Waals surface area contributed by atoms with E-state index in [1.165, 1.54) is 6.33 Å². The Kier molecular flexibility index (Phi) is 7.38. The number of anilines is 2. The van der Waals surface area contributed by atoms with Crippen LogP contribution in [0.15, 0.2) is 6.33 Å². The molecule has 1 aromatic heterocycles. The fraction of sp³-hybridized carbons (Fsp3) is 0.692. The highest BCUT2D eigenvalue weighted by atomic mass is 16.6. The van der Waals surface area contributed by atoms with E-state index in [-0.39, 0.29) is 17.3 Å². The molecule has 0 saturated heterocycles. The zero-order valence-corrected chi connectivity index (χ0v) is 12.9. The van der Waals surface area contributed by atoms with Crippen molar-refractivity contribution in [3.05, 3.63) is 16.4 Å². The second-order valence-electron chi connectivity index (χ2n) is 4.51. The van der Waals surface area contributed by atoms with Crippen molar-refractivity contribution in [2.45, 2.75) is 27.2 Å². The van der Waals surface area contributed by atoms with Gasteiger partial charge in [-0.05, 0) is 33.0 Å².